The highest BCUT2D eigenvalue weighted by Gasteiger charge is 2.23. The molecule has 0 unspecified atom stereocenters. The van der Waals surface area contributed by atoms with E-state index in [4.69, 9.17) is 0 Å². The molecule has 1 N–H and O–H groups in total. The molecule has 0 saturated carbocycles. The van der Waals surface area contributed by atoms with Crippen molar-refractivity contribution < 1.29 is 13.2 Å². The van der Waals surface area contributed by atoms with E-state index in [1.54, 1.807) is 19.2 Å². The summed E-state index contributed by atoms with van der Waals surface area (Å²) in [6.45, 7) is 7.96. The molecule has 6 nitrogen and oxygen atoms in total. The van der Waals surface area contributed by atoms with E-state index in [2.05, 4.69) is 29.3 Å². The van der Waals surface area contributed by atoms with E-state index in [0.717, 1.165) is 25.2 Å². The number of sulfonamides is 1. The number of nitrogens with zero attached hydrogens (tertiary/aromatic N) is 2. The molecule has 0 atom stereocenters. The maximum Gasteiger partial charge on any atom is 0.251 e. The molecule has 0 aliphatic rings. The van der Waals surface area contributed by atoms with Gasteiger partial charge in [-0.2, -0.15) is 4.31 Å². The Morgan fingerprint density at radius 2 is 1.76 bits per heavy atom. The molecular formula is C22H31N3O3S. The largest absolute Gasteiger partial charge is 0.372 e. The summed E-state index contributed by atoms with van der Waals surface area (Å²) in [6.07, 6.45) is 0.794. The van der Waals surface area contributed by atoms with E-state index in [1.165, 1.54) is 16.4 Å². The van der Waals surface area contributed by atoms with Crippen LogP contribution in [0.2, 0.25) is 0 Å². The average Bonchev–Trinajstić information content (AvgIpc) is 2.73. The normalized spacial score (nSPS) is 11.7. The van der Waals surface area contributed by atoms with Crippen LogP contribution < -0.4 is 10.2 Å². The minimum atomic E-state index is -3.62. The first-order valence-electron chi connectivity index (χ1n) is 9.93. The number of rotatable bonds is 10. The Hall–Kier alpha value is -2.38. The van der Waals surface area contributed by atoms with Gasteiger partial charge in [-0.25, -0.2) is 8.42 Å². The van der Waals surface area contributed by atoms with E-state index < -0.39 is 10.0 Å². The van der Waals surface area contributed by atoms with Gasteiger partial charge in [-0.05, 0) is 57.5 Å². The van der Waals surface area contributed by atoms with Crippen LogP contribution in [0.3, 0.4) is 0 Å². The van der Waals surface area contributed by atoms with Crippen molar-refractivity contribution in [3.8, 4) is 0 Å². The standard InChI is InChI=1S/C22H31N3O3S/c1-5-25(20-12-7-6-8-13-20)16-10-15-23-22(26)19-11-9-14-21(17-19)29(27,28)24(4)18(2)3/h6-9,11-14,17-18H,5,10,15-16H2,1-4H3,(H,23,26). The summed E-state index contributed by atoms with van der Waals surface area (Å²) in [5, 5.41) is 2.89. The van der Waals surface area contributed by atoms with Crippen LogP contribution in [0.15, 0.2) is 59.5 Å². The van der Waals surface area contributed by atoms with Crippen LogP contribution in [0.4, 0.5) is 5.69 Å². The smallest absolute Gasteiger partial charge is 0.251 e. The summed E-state index contributed by atoms with van der Waals surface area (Å²) >= 11 is 0. The predicted octanol–water partition coefficient (Wildman–Crippen LogP) is 3.36. The lowest BCUT2D eigenvalue weighted by Gasteiger charge is -2.23. The van der Waals surface area contributed by atoms with Crippen molar-refractivity contribution in [2.45, 2.75) is 38.1 Å². The number of anilines is 1. The fourth-order valence-corrected chi connectivity index (χ4v) is 4.34. The minimum Gasteiger partial charge on any atom is -0.372 e. The van der Waals surface area contributed by atoms with Crippen LogP contribution in [0.25, 0.3) is 0 Å². The second-order valence-electron chi connectivity index (χ2n) is 7.17. The molecule has 0 bridgehead atoms. The Morgan fingerprint density at radius 1 is 1.07 bits per heavy atom. The van der Waals surface area contributed by atoms with E-state index in [1.807, 2.05) is 32.0 Å². The van der Waals surface area contributed by atoms with Gasteiger partial charge in [0.25, 0.3) is 5.91 Å². The summed E-state index contributed by atoms with van der Waals surface area (Å²) in [5.74, 6) is -0.267. The Balaban J connectivity index is 1.94. The van der Waals surface area contributed by atoms with Crippen LogP contribution >= 0.6 is 0 Å². The lowest BCUT2D eigenvalue weighted by atomic mass is 10.2. The van der Waals surface area contributed by atoms with Crippen molar-refractivity contribution >= 4 is 21.6 Å². The van der Waals surface area contributed by atoms with Gasteiger partial charge in [-0.1, -0.05) is 24.3 Å². The molecule has 0 spiro atoms. The SMILES string of the molecule is CCN(CCCNC(=O)c1cccc(S(=O)(=O)N(C)C(C)C)c1)c1ccccc1. The number of hydrogen-bond donors (Lipinski definition) is 1. The summed E-state index contributed by atoms with van der Waals surface area (Å²) in [4.78, 5) is 14.9. The maximum atomic E-state index is 12.6. The molecule has 0 heterocycles. The fourth-order valence-electron chi connectivity index (χ4n) is 2.92. The number of amides is 1. The molecule has 2 rings (SSSR count). The molecular weight excluding hydrogens is 386 g/mol. The van der Waals surface area contributed by atoms with Gasteiger partial charge < -0.3 is 10.2 Å². The monoisotopic (exact) mass is 417 g/mol. The number of nitrogens with one attached hydrogen (secondary N) is 1. The summed E-state index contributed by atoms with van der Waals surface area (Å²) in [5.41, 5.74) is 1.51. The molecule has 0 fully saturated rings. The molecule has 7 heteroatoms. The van der Waals surface area contributed by atoms with E-state index in [0.29, 0.717) is 12.1 Å². The molecule has 158 valence electrons. The van der Waals surface area contributed by atoms with Gasteiger partial charge in [0, 0.05) is 44.0 Å². The highest BCUT2D eigenvalue weighted by Crippen LogP contribution is 2.18. The van der Waals surface area contributed by atoms with Crippen molar-refractivity contribution in [3.63, 3.8) is 0 Å². The maximum absolute atomic E-state index is 12.6. The van der Waals surface area contributed by atoms with Gasteiger partial charge in [-0.3, -0.25) is 4.79 Å². The van der Waals surface area contributed by atoms with Crippen LogP contribution in [0.5, 0.6) is 0 Å². The van der Waals surface area contributed by atoms with Gasteiger partial charge in [0.1, 0.15) is 0 Å². The highest BCUT2D eigenvalue weighted by atomic mass is 32.2. The first-order valence-corrected chi connectivity index (χ1v) is 11.4. The number of para-hydroxylation sites is 1. The van der Waals surface area contributed by atoms with Crippen LogP contribution in [-0.4, -0.2) is 51.4 Å². The summed E-state index contributed by atoms with van der Waals surface area (Å²) in [7, 11) is -2.08. The molecule has 2 aromatic carbocycles. The average molecular weight is 418 g/mol. The van der Waals surface area contributed by atoms with Crippen molar-refractivity contribution in [2.24, 2.45) is 0 Å². The Morgan fingerprint density at radius 3 is 2.38 bits per heavy atom. The lowest BCUT2D eigenvalue weighted by Crippen LogP contribution is -2.33. The highest BCUT2D eigenvalue weighted by molar-refractivity contribution is 7.89. The zero-order chi connectivity index (χ0) is 21.4. The van der Waals surface area contributed by atoms with E-state index in [-0.39, 0.29) is 16.8 Å². The van der Waals surface area contributed by atoms with E-state index >= 15 is 0 Å². The first kappa shape index (κ1) is 22.9. The van der Waals surface area contributed by atoms with Crippen LogP contribution in [-0.2, 0) is 10.0 Å². The Kier molecular flexibility index (Phi) is 8.22. The van der Waals surface area contributed by atoms with Crippen LogP contribution in [0.1, 0.15) is 37.6 Å². The Labute approximate surface area is 174 Å². The van der Waals surface area contributed by atoms with Gasteiger partial charge in [-0.15, -0.1) is 0 Å². The van der Waals surface area contributed by atoms with Gasteiger partial charge in [0.05, 0.1) is 4.90 Å². The summed E-state index contributed by atoms with van der Waals surface area (Å²) in [6, 6.07) is 16.2. The molecule has 1 amide bonds. The van der Waals surface area contributed by atoms with Crippen molar-refractivity contribution in [2.75, 3.05) is 31.6 Å². The number of carbonyl (C=O) groups excluding carboxylic acids is 1. The van der Waals surface area contributed by atoms with Gasteiger partial charge in [0.2, 0.25) is 10.0 Å². The molecule has 29 heavy (non-hydrogen) atoms. The van der Waals surface area contributed by atoms with E-state index in [9.17, 15) is 13.2 Å². The third kappa shape index (κ3) is 6.05. The second kappa shape index (κ2) is 10.4. The van der Waals surface area contributed by atoms with Crippen LogP contribution in [0, 0.1) is 0 Å². The number of benzene rings is 2. The first-order chi connectivity index (χ1) is 13.8. The number of hydrogen-bond acceptors (Lipinski definition) is 4. The molecule has 0 saturated heterocycles. The summed E-state index contributed by atoms with van der Waals surface area (Å²) < 4.78 is 26.6. The third-order valence-corrected chi connectivity index (χ3v) is 6.92. The van der Waals surface area contributed by atoms with Crippen molar-refractivity contribution in [1.82, 2.24) is 9.62 Å². The third-order valence-electron chi connectivity index (χ3n) is 4.89. The molecule has 0 aromatic heterocycles. The molecule has 0 aliphatic heterocycles. The van der Waals surface area contributed by atoms with Crippen molar-refractivity contribution in [3.05, 3.63) is 60.2 Å². The zero-order valence-electron chi connectivity index (χ0n) is 17.6. The second-order valence-corrected chi connectivity index (χ2v) is 9.17. The quantitative estimate of drug-likeness (QED) is 0.602. The molecule has 0 radical (unpaired) electrons. The van der Waals surface area contributed by atoms with Gasteiger partial charge in [0.15, 0.2) is 0 Å². The minimum absolute atomic E-state index is 0.127. The molecule has 2 aromatic rings. The molecule has 0 aliphatic carbocycles. The zero-order valence-corrected chi connectivity index (χ0v) is 18.4. The predicted molar refractivity (Wildman–Crippen MR) is 118 cm³/mol. The lowest BCUT2D eigenvalue weighted by molar-refractivity contribution is 0.0953. The number of carbonyl (C=O) groups is 1. The Bertz CT molecular complexity index is 899. The van der Waals surface area contributed by atoms with Gasteiger partial charge >= 0.3 is 0 Å². The topological polar surface area (TPSA) is 69.7 Å². The van der Waals surface area contributed by atoms with Crippen molar-refractivity contribution in [1.29, 1.82) is 0 Å². The fraction of sp³-hybridized carbons (Fsp3) is 0.409.